The van der Waals surface area contributed by atoms with Gasteiger partial charge in [0.15, 0.2) is 0 Å². The molecule has 1 heterocycles. The van der Waals surface area contributed by atoms with Crippen molar-refractivity contribution in [1.29, 1.82) is 0 Å². The van der Waals surface area contributed by atoms with E-state index in [-0.39, 0.29) is 4.64 Å². The number of halogens is 3. The lowest BCUT2D eigenvalue weighted by atomic mass is 10.0. The smallest absolute Gasteiger partial charge is 0.336 e. The molecule has 0 unspecified atom stereocenters. The molecule has 0 amide bonds. The predicted molar refractivity (Wildman–Crippen MR) is 69.3 cm³/mol. The topological polar surface area (TPSA) is 28.7 Å². The van der Waals surface area contributed by atoms with Gasteiger partial charge in [-0.15, -0.1) is 0 Å². The minimum absolute atomic E-state index is 0.0831. The van der Waals surface area contributed by atoms with E-state index in [4.69, 9.17) is 12.2 Å². The van der Waals surface area contributed by atoms with E-state index < -0.39 is 12.0 Å². The van der Waals surface area contributed by atoms with Crippen LogP contribution in [0.1, 0.15) is 17.0 Å². The van der Waals surface area contributed by atoms with Crippen LogP contribution in [0.15, 0.2) is 24.3 Å². The summed E-state index contributed by atoms with van der Waals surface area (Å²) >= 11 is 4.79. The van der Waals surface area contributed by atoms with E-state index in [9.17, 15) is 13.2 Å². The molecule has 0 saturated heterocycles. The Bertz CT molecular complexity index is 654. The predicted octanol–water partition coefficient (Wildman–Crippen LogP) is 4.44. The van der Waals surface area contributed by atoms with Crippen molar-refractivity contribution >= 4 is 12.2 Å². The van der Waals surface area contributed by atoms with Gasteiger partial charge in [0.05, 0.1) is 0 Å². The standard InChI is InChI=1S/C13H11F3N2S/c1-7-3-8(2)5-9(4-7)10-6-11(19)18-12(17-10)13(14,15)16/h3-6H,1-2H3,(H,17,18,19). The molecule has 2 rings (SSSR count). The number of nitrogens with zero attached hydrogens (tertiary/aromatic N) is 1. The second-order valence-electron chi connectivity index (χ2n) is 4.36. The molecule has 6 heteroatoms. The molecule has 2 nitrogen and oxygen atoms in total. The summed E-state index contributed by atoms with van der Waals surface area (Å²) in [5.74, 6) is -1.07. The van der Waals surface area contributed by atoms with Crippen molar-refractivity contribution in [2.45, 2.75) is 20.0 Å². The van der Waals surface area contributed by atoms with Crippen molar-refractivity contribution < 1.29 is 13.2 Å². The third kappa shape index (κ3) is 3.20. The van der Waals surface area contributed by atoms with Gasteiger partial charge in [-0.05, 0) is 37.6 Å². The molecule has 1 aromatic carbocycles. The molecule has 0 aliphatic carbocycles. The molecular formula is C13H11F3N2S. The van der Waals surface area contributed by atoms with Crippen LogP contribution in [0.25, 0.3) is 11.3 Å². The number of benzene rings is 1. The van der Waals surface area contributed by atoms with Crippen LogP contribution in [-0.2, 0) is 6.18 Å². The lowest BCUT2D eigenvalue weighted by molar-refractivity contribution is -0.144. The first-order valence-corrected chi connectivity index (χ1v) is 5.94. The Balaban J connectivity index is 2.63. The minimum Gasteiger partial charge on any atom is -0.336 e. The average Bonchev–Trinajstić information content (AvgIpc) is 2.25. The van der Waals surface area contributed by atoms with E-state index in [0.29, 0.717) is 11.3 Å². The van der Waals surface area contributed by atoms with Gasteiger partial charge in [0.2, 0.25) is 5.82 Å². The summed E-state index contributed by atoms with van der Waals surface area (Å²) < 4.78 is 38.0. The van der Waals surface area contributed by atoms with Crippen molar-refractivity contribution in [3.05, 3.63) is 45.9 Å². The molecule has 0 aliphatic rings. The first kappa shape index (κ1) is 13.7. The van der Waals surface area contributed by atoms with Gasteiger partial charge in [-0.3, -0.25) is 0 Å². The summed E-state index contributed by atoms with van der Waals surface area (Å²) in [7, 11) is 0. The summed E-state index contributed by atoms with van der Waals surface area (Å²) in [5.41, 5.74) is 2.93. The number of hydrogen-bond acceptors (Lipinski definition) is 2. The molecule has 2 aromatic rings. The number of H-pyrrole nitrogens is 1. The maximum absolute atomic E-state index is 12.7. The number of rotatable bonds is 1. The first-order chi connectivity index (χ1) is 8.75. The number of aromatic nitrogens is 2. The highest BCUT2D eigenvalue weighted by Gasteiger charge is 2.34. The second kappa shape index (κ2) is 4.77. The molecule has 0 fully saturated rings. The average molecular weight is 284 g/mol. The van der Waals surface area contributed by atoms with Crippen molar-refractivity contribution in [2.24, 2.45) is 0 Å². The Labute approximate surface area is 113 Å². The van der Waals surface area contributed by atoms with E-state index in [1.165, 1.54) is 6.07 Å². The molecule has 0 aliphatic heterocycles. The molecule has 0 spiro atoms. The van der Waals surface area contributed by atoms with E-state index in [2.05, 4.69) is 9.97 Å². The fourth-order valence-electron chi connectivity index (χ4n) is 1.88. The zero-order chi connectivity index (χ0) is 14.2. The van der Waals surface area contributed by atoms with E-state index in [0.717, 1.165) is 11.1 Å². The quantitative estimate of drug-likeness (QED) is 0.784. The highest BCUT2D eigenvalue weighted by molar-refractivity contribution is 7.71. The first-order valence-electron chi connectivity index (χ1n) is 5.53. The Morgan fingerprint density at radius 1 is 1.05 bits per heavy atom. The summed E-state index contributed by atoms with van der Waals surface area (Å²) in [6.45, 7) is 3.77. The fraction of sp³-hybridized carbons (Fsp3) is 0.231. The molecule has 100 valence electrons. The van der Waals surface area contributed by atoms with Crippen LogP contribution < -0.4 is 0 Å². The molecule has 0 radical (unpaired) electrons. The van der Waals surface area contributed by atoms with Crippen LogP contribution in [-0.4, -0.2) is 9.97 Å². The van der Waals surface area contributed by atoms with Gasteiger partial charge in [-0.25, -0.2) is 4.98 Å². The molecule has 0 saturated carbocycles. The Morgan fingerprint density at radius 3 is 2.16 bits per heavy atom. The van der Waals surface area contributed by atoms with Gasteiger partial charge in [-0.2, -0.15) is 13.2 Å². The van der Waals surface area contributed by atoms with Crippen molar-refractivity contribution in [3.63, 3.8) is 0 Å². The Morgan fingerprint density at radius 2 is 1.63 bits per heavy atom. The van der Waals surface area contributed by atoms with Crippen molar-refractivity contribution in [2.75, 3.05) is 0 Å². The summed E-state index contributed by atoms with van der Waals surface area (Å²) in [6, 6.07) is 6.98. The molecule has 1 aromatic heterocycles. The number of alkyl halides is 3. The summed E-state index contributed by atoms with van der Waals surface area (Å²) in [5, 5.41) is 0. The normalized spacial score (nSPS) is 11.6. The highest BCUT2D eigenvalue weighted by atomic mass is 32.1. The highest BCUT2D eigenvalue weighted by Crippen LogP contribution is 2.28. The van der Waals surface area contributed by atoms with Crippen LogP contribution in [0.4, 0.5) is 13.2 Å². The van der Waals surface area contributed by atoms with E-state index in [1.807, 2.05) is 19.9 Å². The summed E-state index contributed by atoms with van der Waals surface area (Å²) in [4.78, 5) is 5.60. The van der Waals surface area contributed by atoms with Gasteiger partial charge in [0.1, 0.15) is 4.64 Å². The van der Waals surface area contributed by atoms with Gasteiger partial charge in [-0.1, -0.05) is 29.4 Å². The van der Waals surface area contributed by atoms with E-state index in [1.54, 1.807) is 12.1 Å². The molecular weight excluding hydrogens is 273 g/mol. The van der Waals surface area contributed by atoms with Crippen molar-refractivity contribution in [1.82, 2.24) is 9.97 Å². The number of nitrogens with one attached hydrogen (secondary N) is 1. The van der Waals surface area contributed by atoms with Crippen LogP contribution in [0.3, 0.4) is 0 Å². The van der Waals surface area contributed by atoms with Crippen molar-refractivity contribution in [3.8, 4) is 11.3 Å². The molecule has 1 N–H and O–H groups in total. The number of hydrogen-bond donors (Lipinski definition) is 1. The third-order valence-electron chi connectivity index (χ3n) is 2.54. The largest absolute Gasteiger partial charge is 0.449 e. The number of aryl methyl sites for hydroxylation is 2. The van der Waals surface area contributed by atoms with Crippen LogP contribution in [0.5, 0.6) is 0 Å². The number of aromatic amines is 1. The lowest BCUT2D eigenvalue weighted by Gasteiger charge is -2.10. The minimum atomic E-state index is -4.54. The maximum atomic E-state index is 12.7. The maximum Gasteiger partial charge on any atom is 0.449 e. The van der Waals surface area contributed by atoms with Crippen LogP contribution in [0, 0.1) is 18.5 Å². The van der Waals surface area contributed by atoms with Gasteiger partial charge in [0.25, 0.3) is 0 Å². The van der Waals surface area contributed by atoms with Gasteiger partial charge >= 0.3 is 6.18 Å². The Kier molecular flexibility index (Phi) is 3.45. The Hall–Kier alpha value is -1.69. The lowest BCUT2D eigenvalue weighted by Crippen LogP contribution is -2.11. The van der Waals surface area contributed by atoms with Crippen LogP contribution >= 0.6 is 12.2 Å². The monoisotopic (exact) mass is 284 g/mol. The third-order valence-corrected chi connectivity index (χ3v) is 2.75. The van der Waals surface area contributed by atoms with Crippen LogP contribution in [0.2, 0.25) is 0 Å². The molecule has 0 atom stereocenters. The van der Waals surface area contributed by atoms with E-state index >= 15 is 0 Å². The van der Waals surface area contributed by atoms with Gasteiger partial charge < -0.3 is 4.98 Å². The summed E-state index contributed by atoms with van der Waals surface area (Å²) in [6.07, 6.45) is -4.54. The zero-order valence-electron chi connectivity index (χ0n) is 10.3. The molecule has 19 heavy (non-hydrogen) atoms. The van der Waals surface area contributed by atoms with Gasteiger partial charge in [0, 0.05) is 5.69 Å². The molecule has 0 bridgehead atoms. The fourth-order valence-corrected chi connectivity index (χ4v) is 2.09. The second-order valence-corrected chi connectivity index (χ2v) is 4.77. The SMILES string of the molecule is Cc1cc(C)cc(-c2cc(=S)nc(C(F)(F)F)[nH]2)c1. The zero-order valence-corrected chi connectivity index (χ0v) is 11.1.